The fraction of sp³-hybridized carbons (Fsp3) is 0.818. The molecule has 17 heavy (non-hydrogen) atoms. The zero-order chi connectivity index (χ0) is 12.9. The van der Waals surface area contributed by atoms with E-state index in [1.54, 1.807) is 0 Å². The summed E-state index contributed by atoms with van der Waals surface area (Å²) in [5, 5.41) is 13.5. The van der Waals surface area contributed by atoms with E-state index in [2.05, 4.69) is 31.1 Å². The molecule has 1 fully saturated rings. The predicted molar refractivity (Wildman–Crippen MR) is 66.8 cm³/mol. The number of nitro groups is 1. The standard InChI is InChI=1S/C11H23N4O2/c1-4-15(3,5-2)9-8-13-7-6-12-11(13)10-14(16)17/h10,12H,4-9H2,1-3H3/q+1/b11-10+. The van der Waals surface area contributed by atoms with E-state index in [0.717, 1.165) is 50.0 Å². The van der Waals surface area contributed by atoms with Crippen molar-refractivity contribution >= 4 is 0 Å². The molecule has 0 bridgehead atoms. The van der Waals surface area contributed by atoms with Gasteiger partial charge in [0.05, 0.1) is 38.2 Å². The summed E-state index contributed by atoms with van der Waals surface area (Å²) in [6.45, 7) is 10.1. The lowest BCUT2D eigenvalue weighted by Gasteiger charge is -2.33. The Morgan fingerprint density at radius 2 is 2.18 bits per heavy atom. The van der Waals surface area contributed by atoms with Crippen molar-refractivity contribution in [3.8, 4) is 0 Å². The van der Waals surface area contributed by atoms with Gasteiger partial charge in [0.1, 0.15) is 0 Å². The third kappa shape index (κ3) is 3.89. The molecule has 0 spiro atoms. The van der Waals surface area contributed by atoms with Crippen LogP contribution in [0.25, 0.3) is 0 Å². The molecule has 6 heteroatoms. The summed E-state index contributed by atoms with van der Waals surface area (Å²) in [6, 6.07) is 0. The molecule has 1 rings (SSSR count). The van der Waals surface area contributed by atoms with E-state index in [9.17, 15) is 10.1 Å². The molecule has 6 nitrogen and oxygen atoms in total. The van der Waals surface area contributed by atoms with E-state index in [1.807, 2.05) is 0 Å². The molecule has 0 amide bonds. The zero-order valence-corrected chi connectivity index (χ0v) is 11.0. The highest BCUT2D eigenvalue weighted by Crippen LogP contribution is 2.09. The van der Waals surface area contributed by atoms with Crippen molar-refractivity contribution in [2.45, 2.75) is 13.8 Å². The normalized spacial score (nSPS) is 18.5. The lowest BCUT2D eigenvalue weighted by molar-refractivity contribution is -0.905. The molecule has 1 heterocycles. The molecule has 0 radical (unpaired) electrons. The van der Waals surface area contributed by atoms with Gasteiger partial charge in [-0.1, -0.05) is 0 Å². The molecule has 1 aliphatic rings. The van der Waals surface area contributed by atoms with Gasteiger partial charge in [0.25, 0.3) is 6.20 Å². The van der Waals surface area contributed by atoms with Crippen LogP contribution in [0.5, 0.6) is 0 Å². The van der Waals surface area contributed by atoms with Gasteiger partial charge in [-0.3, -0.25) is 10.1 Å². The van der Waals surface area contributed by atoms with Crippen LogP contribution in [0.15, 0.2) is 12.0 Å². The second kappa shape index (κ2) is 5.86. The highest BCUT2D eigenvalue weighted by molar-refractivity contribution is 4.99. The second-order valence-electron chi connectivity index (χ2n) is 4.69. The average molecular weight is 243 g/mol. The molecular formula is C11H23N4O2+. The van der Waals surface area contributed by atoms with Gasteiger partial charge < -0.3 is 14.7 Å². The minimum Gasteiger partial charge on any atom is -0.365 e. The van der Waals surface area contributed by atoms with Crippen LogP contribution in [0.1, 0.15) is 13.8 Å². The van der Waals surface area contributed by atoms with Crippen LogP contribution in [-0.4, -0.2) is 60.6 Å². The van der Waals surface area contributed by atoms with E-state index in [-0.39, 0.29) is 0 Å². The molecule has 1 aliphatic heterocycles. The fourth-order valence-corrected chi connectivity index (χ4v) is 1.91. The Hall–Kier alpha value is -1.30. The minimum absolute atomic E-state index is 0.394. The molecule has 0 aromatic rings. The average Bonchev–Trinajstić information content (AvgIpc) is 2.72. The Morgan fingerprint density at radius 1 is 1.53 bits per heavy atom. The Labute approximate surface area is 103 Å². The maximum atomic E-state index is 10.5. The molecule has 1 saturated heterocycles. The first-order valence-electron chi connectivity index (χ1n) is 6.18. The van der Waals surface area contributed by atoms with Crippen molar-refractivity contribution in [2.24, 2.45) is 0 Å². The Bertz CT molecular complexity index is 300. The Morgan fingerprint density at radius 3 is 2.71 bits per heavy atom. The molecule has 0 aromatic heterocycles. The van der Waals surface area contributed by atoms with Crippen molar-refractivity contribution < 1.29 is 9.41 Å². The summed E-state index contributed by atoms with van der Waals surface area (Å²) in [4.78, 5) is 12.1. The highest BCUT2D eigenvalue weighted by Gasteiger charge is 2.23. The van der Waals surface area contributed by atoms with Gasteiger partial charge in [-0.15, -0.1) is 0 Å². The zero-order valence-electron chi connectivity index (χ0n) is 11.0. The SMILES string of the molecule is CC[N+](C)(CC)CCN1CCN/C1=C\[N+](=O)[O-]. The van der Waals surface area contributed by atoms with Gasteiger partial charge in [-0.2, -0.15) is 0 Å². The maximum absolute atomic E-state index is 10.5. The number of rotatable bonds is 6. The number of hydrogen-bond acceptors (Lipinski definition) is 4. The monoisotopic (exact) mass is 243 g/mol. The molecule has 0 aromatic carbocycles. The third-order valence-corrected chi connectivity index (χ3v) is 3.69. The third-order valence-electron chi connectivity index (χ3n) is 3.69. The van der Waals surface area contributed by atoms with Gasteiger partial charge in [0.15, 0.2) is 5.82 Å². The van der Waals surface area contributed by atoms with Crippen LogP contribution >= 0.6 is 0 Å². The molecular weight excluding hydrogens is 220 g/mol. The van der Waals surface area contributed by atoms with E-state index in [1.165, 1.54) is 0 Å². The Kier molecular flexibility index (Phi) is 4.74. The van der Waals surface area contributed by atoms with Gasteiger partial charge in [0, 0.05) is 13.1 Å². The first kappa shape index (κ1) is 13.8. The summed E-state index contributed by atoms with van der Waals surface area (Å²) >= 11 is 0. The van der Waals surface area contributed by atoms with Gasteiger partial charge in [-0.05, 0) is 13.8 Å². The lowest BCUT2D eigenvalue weighted by atomic mass is 10.3. The van der Waals surface area contributed by atoms with Gasteiger partial charge in [0.2, 0.25) is 0 Å². The quantitative estimate of drug-likeness (QED) is 0.418. The summed E-state index contributed by atoms with van der Waals surface area (Å²) in [5.74, 6) is 0.647. The highest BCUT2D eigenvalue weighted by atomic mass is 16.6. The summed E-state index contributed by atoms with van der Waals surface area (Å²) in [6.07, 6.45) is 1.06. The van der Waals surface area contributed by atoms with Crippen molar-refractivity contribution in [1.29, 1.82) is 0 Å². The number of hydrogen-bond donors (Lipinski definition) is 1. The second-order valence-corrected chi connectivity index (χ2v) is 4.69. The predicted octanol–water partition coefficient (Wildman–Crippen LogP) is 0.454. The Balaban J connectivity index is 2.54. The maximum Gasteiger partial charge on any atom is 0.274 e. The lowest BCUT2D eigenvalue weighted by Crippen LogP contribution is -2.48. The van der Waals surface area contributed by atoms with Crippen molar-refractivity contribution in [3.05, 3.63) is 22.1 Å². The smallest absolute Gasteiger partial charge is 0.274 e. The van der Waals surface area contributed by atoms with E-state index >= 15 is 0 Å². The summed E-state index contributed by atoms with van der Waals surface area (Å²) in [7, 11) is 2.22. The van der Waals surface area contributed by atoms with Crippen molar-refractivity contribution in [2.75, 3.05) is 46.3 Å². The summed E-state index contributed by atoms with van der Waals surface area (Å²) in [5.41, 5.74) is 0. The van der Waals surface area contributed by atoms with E-state index < -0.39 is 4.92 Å². The number of nitrogens with zero attached hydrogens (tertiary/aromatic N) is 3. The molecule has 0 atom stereocenters. The largest absolute Gasteiger partial charge is 0.365 e. The van der Waals surface area contributed by atoms with Crippen LogP contribution in [0.2, 0.25) is 0 Å². The number of nitrogens with one attached hydrogen (secondary N) is 1. The molecule has 1 N–H and O–H groups in total. The number of quaternary nitrogens is 1. The minimum atomic E-state index is -0.394. The molecule has 0 aliphatic carbocycles. The van der Waals surface area contributed by atoms with Gasteiger partial charge >= 0.3 is 0 Å². The van der Waals surface area contributed by atoms with Crippen LogP contribution in [0.4, 0.5) is 0 Å². The summed E-state index contributed by atoms with van der Waals surface area (Å²) < 4.78 is 1.00. The van der Waals surface area contributed by atoms with Crippen molar-refractivity contribution in [1.82, 2.24) is 10.2 Å². The topological polar surface area (TPSA) is 58.4 Å². The van der Waals surface area contributed by atoms with E-state index in [4.69, 9.17) is 0 Å². The van der Waals surface area contributed by atoms with Crippen LogP contribution in [0.3, 0.4) is 0 Å². The first-order chi connectivity index (χ1) is 8.00. The van der Waals surface area contributed by atoms with Crippen LogP contribution in [0, 0.1) is 10.1 Å². The van der Waals surface area contributed by atoms with Crippen molar-refractivity contribution in [3.63, 3.8) is 0 Å². The first-order valence-corrected chi connectivity index (χ1v) is 6.18. The molecule has 98 valence electrons. The van der Waals surface area contributed by atoms with Crippen LogP contribution in [-0.2, 0) is 0 Å². The molecule has 0 unspecified atom stereocenters. The van der Waals surface area contributed by atoms with E-state index in [0.29, 0.717) is 5.82 Å². The number of likely N-dealkylation sites (N-methyl/N-ethyl adjacent to an activating group) is 1. The van der Waals surface area contributed by atoms with Gasteiger partial charge in [-0.25, -0.2) is 0 Å². The van der Waals surface area contributed by atoms with Crippen LogP contribution < -0.4 is 5.32 Å². The fourth-order valence-electron chi connectivity index (χ4n) is 1.91. The molecule has 0 saturated carbocycles.